The minimum atomic E-state index is -4.35. The summed E-state index contributed by atoms with van der Waals surface area (Å²) in [5.41, 5.74) is -5.76. The summed E-state index contributed by atoms with van der Waals surface area (Å²) in [5, 5.41) is 13.7. The second-order valence-corrected chi connectivity index (χ2v) is 5.33. The SMILES string of the molecule is O=C(NCCSC(F)(F)F)NC1(C(=O)O)CCOCC1. The van der Waals surface area contributed by atoms with E-state index < -0.39 is 23.0 Å². The second kappa shape index (κ2) is 7.02. The zero-order chi connectivity index (χ0) is 15.2. The molecule has 2 amide bonds. The Kier molecular flexibility index (Phi) is 5.93. The Balaban J connectivity index is 2.37. The molecule has 0 aromatic heterocycles. The molecule has 1 fully saturated rings. The molecule has 0 aromatic carbocycles. The monoisotopic (exact) mass is 316 g/mol. The van der Waals surface area contributed by atoms with Gasteiger partial charge < -0.3 is 20.5 Å². The number of nitrogens with one attached hydrogen (secondary N) is 2. The van der Waals surface area contributed by atoms with Crippen LogP contribution in [-0.4, -0.2) is 53.7 Å². The lowest BCUT2D eigenvalue weighted by molar-refractivity contribution is -0.148. The minimum absolute atomic E-state index is 0.118. The van der Waals surface area contributed by atoms with Crippen molar-refractivity contribution in [2.75, 3.05) is 25.5 Å². The van der Waals surface area contributed by atoms with Crippen LogP contribution in [0, 0.1) is 0 Å². The molecule has 0 radical (unpaired) electrons. The van der Waals surface area contributed by atoms with Crippen LogP contribution in [0.4, 0.5) is 18.0 Å². The standard InChI is InChI=1S/C10H15F3N2O4S/c11-10(12,13)20-6-3-14-8(18)15-9(7(16)17)1-4-19-5-2-9/h1-6H2,(H,16,17)(H2,14,15,18). The van der Waals surface area contributed by atoms with Crippen molar-refractivity contribution in [2.24, 2.45) is 0 Å². The van der Waals surface area contributed by atoms with E-state index in [0.29, 0.717) is 0 Å². The number of carboxylic acids is 1. The number of ether oxygens (including phenoxy) is 1. The van der Waals surface area contributed by atoms with Crippen LogP contribution >= 0.6 is 11.8 Å². The number of thioether (sulfide) groups is 1. The first-order chi connectivity index (χ1) is 9.25. The molecule has 116 valence electrons. The number of carbonyl (C=O) groups excluding carboxylic acids is 1. The molecule has 0 spiro atoms. The molecular formula is C10H15F3N2O4S. The maximum absolute atomic E-state index is 11.9. The van der Waals surface area contributed by atoms with E-state index in [1.165, 1.54) is 0 Å². The van der Waals surface area contributed by atoms with Crippen molar-refractivity contribution in [2.45, 2.75) is 23.9 Å². The molecule has 1 saturated heterocycles. The topological polar surface area (TPSA) is 87.7 Å². The fourth-order valence-corrected chi connectivity index (χ4v) is 2.14. The van der Waals surface area contributed by atoms with E-state index in [9.17, 15) is 22.8 Å². The molecule has 0 atom stereocenters. The molecule has 1 aliphatic heterocycles. The van der Waals surface area contributed by atoms with E-state index in [-0.39, 0.29) is 50.1 Å². The number of amides is 2. The number of hydrogen-bond acceptors (Lipinski definition) is 4. The first-order valence-corrected chi connectivity index (χ1v) is 6.82. The minimum Gasteiger partial charge on any atom is -0.480 e. The molecular weight excluding hydrogens is 301 g/mol. The lowest BCUT2D eigenvalue weighted by Crippen LogP contribution is -2.59. The maximum atomic E-state index is 11.9. The van der Waals surface area contributed by atoms with Crippen molar-refractivity contribution >= 4 is 23.8 Å². The first-order valence-electron chi connectivity index (χ1n) is 5.83. The number of aliphatic carboxylic acids is 1. The average molecular weight is 316 g/mol. The third kappa shape index (κ3) is 5.45. The van der Waals surface area contributed by atoms with Crippen molar-refractivity contribution in [1.29, 1.82) is 0 Å². The zero-order valence-corrected chi connectivity index (χ0v) is 11.3. The van der Waals surface area contributed by atoms with Gasteiger partial charge in [0.05, 0.1) is 0 Å². The summed E-state index contributed by atoms with van der Waals surface area (Å²) in [5.74, 6) is -1.51. The Hall–Kier alpha value is -1.16. The van der Waals surface area contributed by atoms with Gasteiger partial charge in [0, 0.05) is 38.4 Å². The summed E-state index contributed by atoms with van der Waals surface area (Å²) in [4.78, 5) is 22.8. The molecule has 6 nitrogen and oxygen atoms in total. The lowest BCUT2D eigenvalue weighted by Gasteiger charge is -2.33. The second-order valence-electron chi connectivity index (χ2n) is 4.17. The van der Waals surface area contributed by atoms with Crippen LogP contribution < -0.4 is 10.6 Å². The van der Waals surface area contributed by atoms with Crippen molar-refractivity contribution < 1.29 is 32.6 Å². The highest BCUT2D eigenvalue weighted by Crippen LogP contribution is 2.29. The molecule has 0 saturated carbocycles. The van der Waals surface area contributed by atoms with Crippen LogP contribution in [0.15, 0.2) is 0 Å². The van der Waals surface area contributed by atoms with Gasteiger partial charge in [-0.2, -0.15) is 13.2 Å². The van der Waals surface area contributed by atoms with Gasteiger partial charge in [-0.25, -0.2) is 9.59 Å². The number of carbonyl (C=O) groups is 2. The predicted molar refractivity (Wildman–Crippen MR) is 65.5 cm³/mol. The summed E-state index contributed by atoms with van der Waals surface area (Å²) >= 11 is -0.252. The molecule has 3 N–H and O–H groups in total. The Labute approximate surface area is 117 Å². The third-order valence-electron chi connectivity index (χ3n) is 2.76. The van der Waals surface area contributed by atoms with Gasteiger partial charge in [0.25, 0.3) is 0 Å². The van der Waals surface area contributed by atoms with Gasteiger partial charge in [-0.05, 0) is 11.8 Å². The lowest BCUT2D eigenvalue weighted by atomic mass is 9.90. The van der Waals surface area contributed by atoms with Gasteiger partial charge in [-0.3, -0.25) is 0 Å². The summed E-state index contributed by atoms with van der Waals surface area (Å²) in [6.45, 7) is 0.204. The van der Waals surface area contributed by atoms with Crippen LogP contribution in [0.5, 0.6) is 0 Å². The number of carboxylic acid groups (broad SMARTS) is 1. The molecule has 0 aliphatic carbocycles. The number of rotatable bonds is 5. The van der Waals surface area contributed by atoms with Crippen LogP contribution in [0.3, 0.4) is 0 Å². The van der Waals surface area contributed by atoms with Crippen LogP contribution in [0.2, 0.25) is 0 Å². The smallest absolute Gasteiger partial charge is 0.441 e. The molecule has 1 aliphatic rings. The summed E-state index contributed by atoms with van der Waals surface area (Å²) < 4.78 is 40.6. The van der Waals surface area contributed by atoms with Gasteiger partial charge in [0.1, 0.15) is 5.54 Å². The molecule has 20 heavy (non-hydrogen) atoms. The molecule has 10 heteroatoms. The van der Waals surface area contributed by atoms with Crippen molar-refractivity contribution in [3.63, 3.8) is 0 Å². The predicted octanol–water partition coefficient (Wildman–Crippen LogP) is 1.17. The number of urea groups is 1. The zero-order valence-electron chi connectivity index (χ0n) is 10.5. The molecule has 0 unspecified atom stereocenters. The molecule has 1 rings (SSSR count). The van der Waals surface area contributed by atoms with Gasteiger partial charge in [-0.15, -0.1) is 0 Å². The van der Waals surface area contributed by atoms with Crippen LogP contribution in [0.1, 0.15) is 12.8 Å². The van der Waals surface area contributed by atoms with Gasteiger partial charge >= 0.3 is 17.5 Å². The number of alkyl halides is 3. The largest absolute Gasteiger partial charge is 0.480 e. The van der Waals surface area contributed by atoms with E-state index >= 15 is 0 Å². The Bertz CT molecular complexity index is 359. The third-order valence-corrected chi connectivity index (χ3v) is 3.50. The molecule has 1 heterocycles. The fourth-order valence-electron chi connectivity index (χ4n) is 1.71. The Morgan fingerprint density at radius 1 is 1.30 bits per heavy atom. The average Bonchev–Trinajstić information content (AvgIpc) is 2.34. The van der Waals surface area contributed by atoms with Crippen molar-refractivity contribution in [1.82, 2.24) is 10.6 Å². The summed E-state index contributed by atoms with van der Waals surface area (Å²) in [6.07, 6.45) is 0.236. The molecule has 0 bridgehead atoms. The van der Waals surface area contributed by atoms with Crippen molar-refractivity contribution in [3.8, 4) is 0 Å². The van der Waals surface area contributed by atoms with E-state index in [1.807, 2.05) is 0 Å². The quantitative estimate of drug-likeness (QED) is 0.663. The molecule has 0 aromatic rings. The van der Waals surface area contributed by atoms with Gasteiger partial charge in [0.15, 0.2) is 0 Å². The van der Waals surface area contributed by atoms with Gasteiger partial charge in [-0.1, -0.05) is 0 Å². The van der Waals surface area contributed by atoms with E-state index in [1.54, 1.807) is 0 Å². The maximum Gasteiger partial charge on any atom is 0.441 e. The number of halogens is 3. The van der Waals surface area contributed by atoms with E-state index in [0.717, 1.165) is 0 Å². The Morgan fingerprint density at radius 2 is 1.90 bits per heavy atom. The highest BCUT2D eigenvalue weighted by molar-refractivity contribution is 8.00. The summed E-state index contributed by atoms with van der Waals surface area (Å²) in [7, 11) is 0. The van der Waals surface area contributed by atoms with E-state index in [2.05, 4.69) is 10.6 Å². The normalized spacial score (nSPS) is 18.4. The first kappa shape index (κ1) is 16.9. The van der Waals surface area contributed by atoms with Crippen LogP contribution in [-0.2, 0) is 9.53 Å². The highest BCUT2D eigenvalue weighted by atomic mass is 32.2. The summed E-state index contributed by atoms with van der Waals surface area (Å²) in [6, 6.07) is -0.794. The Morgan fingerprint density at radius 3 is 2.40 bits per heavy atom. The highest BCUT2D eigenvalue weighted by Gasteiger charge is 2.41. The van der Waals surface area contributed by atoms with Crippen molar-refractivity contribution in [3.05, 3.63) is 0 Å². The van der Waals surface area contributed by atoms with Crippen LogP contribution in [0.25, 0.3) is 0 Å². The number of hydrogen-bond donors (Lipinski definition) is 3. The fraction of sp³-hybridized carbons (Fsp3) is 0.800. The van der Waals surface area contributed by atoms with Gasteiger partial charge in [0.2, 0.25) is 0 Å². The van der Waals surface area contributed by atoms with E-state index in [4.69, 9.17) is 9.84 Å².